The molecule has 1 rings (SSSR count). The molecular weight excluding hydrogens is 380 g/mol. The van der Waals surface area contributed by atoms with Crippen molar-refractivity contribution in [2.45, 2.75) is 45.8 Å². The standard InChI is InChI=1S/C19H26N4O6/c1-12(24)23-21-10-14-7-5-13(6-8-14)9-15(17(27)20-11-16(25)26)22-18(28)29-19(2,3)4/h5-8,10,15H,9,11H2,1-4H3,(H,20,27)(H,22,28)(H,23,24)(H,25,26)/b21-10+. The van der Waals surface area contributed by atoms with Crippen molar-refractivity contribution >= 4 is 30.1 Å². The highest BCUT2D eigenvalue weighted by molar-refractivity contribution is 5.88. The number of amides is 3. The normalized spacial score (nSPS) is 12.1. The minimum atomic E-state index is -1.20. The van der Waals surface area contributed by atoms with Crippen molar-refractivity contribution in [1.29, 1.82) is 0 Å². The average Bonchev–Trinajstić information content (AvgIpc) is 2.58. The Kier molecular flexibility index (Phi) is 8.78. The highest BCUT2D eigenvalue weighted by Crippen LogP contribution is 2.09. The van der Waals surface area contributed by atoms with Crippen LogP contribution >= 0.6 is 0 Å². The summed E-state index contributed by atoms with van der Waals surface area (Å²) in [5, 5.41) is 17.2. The number of hydrazone groups is 1. The number of aliphatic carboxylic acids is 1. The lowest BCUT2D eigenvalue weighted by Crippen LogP contribution is -2.50. The number of nitrogens with zero attached hydrogens (tertiary/aromatic N) is 1. The van der Waals surface area contributed by atoms with Crippen LogP contribution in [0.4, 0.5) is 4.79 Å². The molecule has 0 aliphatic rings. The van der Waals surface area contributed by atoms with Gasteiger partial charge in [0.25, 0.3) is 0 Å². The molecule has 158 valence electrons. The fraction of sp³-hybridized carbons (Fsp3) is 0.421. The Morgan fingerprint density at radius 1 is 1.17 bits per heavy atom. The maximum Gasteiger partial charge on any atom is 0.408 e. The van der Waals surface area contributed by atoms with E-state index in [0.717, 1.165) is 5.56 Å². The molecule has 10 nitrogen and oxygen atoms in total. The monoisotopic (exact) mass is 406 g/mol. The van der Waals surface area contributed by atoms with Gasteiger partial charge in [0.2, 0.25) is 11.8 Å². The van der Waals surface area contributed by atoms with Crippen molar-refractivity contribution in [3.63, 3.8) is 0 Å². The molecule has 1 aromatic carbocycles. The zero-order chi connectivity index (χ0) is 22.0. The molecule has 0 bridgehead atoms. The average molecular weight is 406 g/mol. The van der Waals surface area contributed by atoms with E-state index in [1.54, 1.807) is 45.0 Å². The van der Waals surface area contributed by atoms with Crippen LogP contribution in [-0.2, 0) is 25.5 Å². The molecule has 0 fully saturated rings. The van der Waals surface area contributed by atoms with Crippen molar-refractivity contribution < 1.29 is 29.0 Å². The van der Waals surface area contributed by atoms with Gasteiger partial charge in [0, 0.05) is 13.3 Å². The molecule has 0 aliphatic heterocycles. The van der Waals surface area contributed by atoms with Gasteiger partial charge in [0.15, 0.2) is 0 Å². The first kappa shape index (κ1) is 23.6. The molecule has 1 unspecified atom stereocenters. The summed E-state index contributed by atoms with van der Waals surface area (Å²) in [6.07, 6.45) is 0.793. The van der Waals surface area contributed by atoms with Crippen molar-refractivity contribution in [3.05, 3.63) is 35.4 Å². The van der Waals surface area contributed by atoms with Crippen LogP contribution in [0.2, 0.25) is 0 Å². The minimum Gasteiger partial charge on any atom is -0.480 e. The lowest BCUT2D eigenvalue weighted by atomic mass is 10.0. The van der Waals surface area contributed by atoms with E-state index in [9.17, 15) is 19.2 Å². The van der Waals surface area contributed by atoms with E-state index >= 15 is 0 Å². The van der Waals surface area contributed by atoms with Gasteiger partial charge in [-0.15, -0.1) is 0 Å². The van der Waals surface area contributed by atoms with Crippen LogP contribution < -0.4 is 16.1 Å². The lowest BCUT2D eigenvalue weighted by Gasteiger charge is -2.23. The zero-order valence-corrected chi connectivity index (χ0v) is 16.8. The molecule has 0 aromatic heterocycles. The number of carbonyl (C=O) groups is 4. The maximum absolute atomic E-state index is 12.3. The van der Waals surface area contributed by atoms with Gasteiger partial charge in [-0.05, 0) is 31.9 Å². The predicted octanol–water partition coefficient (Wildman–Crippen LogP) is 0.793. The van der Waals surface area contributed by atoms with Gasteiger partial charge in [0.05, 0.1) is 6.21 Å². The van der Waals surface area contributed by atoms with E-state index in [2.05, 4.69) is 21.2 Å². The Bertz CT molecular complexity index is 768. The fourth-order valence-corrected chi connectivity index (χ4v) is 2.12. The van der Waals surface area contributed by atoms with E-state index in [4.69, 9.17) is 9.84 Å². The number of carboxylic acid groups (broad SMARTS) is 1. The predicted molar refractivity (Wildman–Crippen MR) is 105 cm³/mol. The van der Waals surface area contributed by atoms with Crippen LogP contribution in [0, 0.1) is 0 Å². The second kappa shape index (κ2) is 10.8. The molecule has 0 heterocycles. The van der Waals surface area contributed by atoms with Gasteiger partial charge in [-0.3, -0.25) is 14.4 Å². The van der Waals surface area contributed by atoms with E-state index in [0.29, 0.717) is 5.56 Å². The highest BCUT2D eigenvalue weighted by atomic mass is 16.6. The van der Waals surface area contributed by atoms with Crippen molar-refractivity contribution in [2.24, 2.45) is 5.10 Å². The number of benzene rings is 1. The summed E-state index contributed by atoms with van der Waals surface area (Å²) in [5.74, 6) is -2.13. The quantitative estimate of drug-likeness (QED) is 0.371. The number of ether oxygens (including phenoxy) is 1. The van der Waals surface area contributed by atoms with Gasteiger partial charge in [-0.2, -0.15) is 5.10 Å². The van der Waals surface area contributed by atoms with Crippen LogP contribution in [0.3, 0.4) is 0 Å². The first-order valence-electron chi connectivity index (χ1n) is 8.84. The molecule has 1 atom stereocenters. The highest BCUT2D eigenvalue weighted by Gasteiger charge is 2.25. The van der Waals surface area contributed by atoms with Crippen LogP contribution in [-0.4, -0.2) is 53.4 Å². The molecule has 29 heavy (non-hydrogen) atoms. The van der Waals surface area contributed by atoms with Gasteiger partial charge >= 0.3 is 12.1 Å². The molecule has 0 aliphatic carbocycles. The van der Waals surface area contributed by atoms with E-state index in [1.807, 2.05) is 0 Å². The zero-order valence-electron chi connectivity index (χ0n) is 16.8. The first-order chi connectivity index (χ1) is 13.5. The molecule has 3 amide bonds. The van der Waals surface area contributed by atoms with Crippen LogP contribution in [0.5, 0.6) is 0 Å². The van der Waals surface area contributed by atoms with Crippen LogP contribution in [0.25, 0.3) is 0 Å². The van der Waals surface area contributed by atoms with Gasteiger partial charge in [-0.1, -0.05) is 24.3 Å². The number of hydrogen-bond acceptors (Lipinski definition) is 6. The third-order valence-corrected chi connectivity index (χ3v) is 3.28. The molecule has 4 N–H and O–H groups in total. The van der Waals surface area contributed by atoms with Crippen LogP contribution in [0.15, 0.2) is 29.4 Å². The molecule has 0 spiro atoms. The summed E-state index contributed by atoms with van der Waals surface area (Å²) in [5.41, 5.74) is 2.97. The van der Waals surface area contributed by atoms with E-state index < -0.39 is 36.2 Å². The molecular formula is C19H26N4O6. The Balaban J connectivity index is 2.85. The summed E-state index contributed by atoms with van der Waals surface area (Å²) in [6, 6.07) is 5.87. The summed E-state index contributed by atoms with van der Waals surface area (Å²) >= 11 is 0. The van der Waals surface area contributed by atoms with Crippen molar-refractivity contribution in [2.75, 3.05) is 6.54 Å². The smallest absolute Gasteiger partial charge is 0.408 e. The molecule has 0 saturated carbocycles. The van der Waals surface area contributed by atoms with Gasteiger partial charge in [-0.25, -0.2) is 10.2 Å². The number of nitrogens with one attached hydrogen (secondary N) is 3. The van der Waals surface area contributed by atoms with Crippen LogP contribution in [0.1, 0.15) is 38.8 Å². The summed E-state index contributed by atoms with van der Waals surface area (Å²) in [4.78, 5) is 45.9. The second-order valence-corrected chi connectivity index (χ2v) is 7.18. The number of carboxylic acids is 1. The molecule has 1 aromatic rings. The Morgan fingerprint density at radius 3 is 2.31 bits per heavy atom. The van der Waals surface area contributed by atoms with Crippen molar-refractivity contribution in [1.82, 2.24) is 16.1 Å². The first-order valence-corrected chi connectivity index (χ1v) is 8.84. The third-order valence-electron chi connectivity index (χ3n) is 3.28. The number of carbonyl (C=O) groups excluding carboxylic acids is 3. The topological polar surface area (TPSA) is 146 Å². The lowest BCUT2D eigenvalue weighted by molar-refractivity contribution is -0.138. The number of rotatable bonds is 8. The number of alkyl carbamates (subject to hydrolysis) is 1. The van der Waals surface area contributed by atoms with Gasteiger partial charge in [0.1, 0.15) is 18.2 Å². The molecule has 0 radical (unpaired) electrons. The molecule has 10 heteroatoms. The summed E-state index contributed by atoms with van der Waals surface area (Å²) < 4.78 is 5.17. The largest absolute Gasteiger partial charge is 0.480 e. The molecule has 0 saturated heterocycles. The minimum absolute atomic E-state index is 0.119. The van der Waals surface area contributed by atoms with Crippen molar-refractivity contribution in [3.8, 4) is 0 Å². The Morgan fingerprint density at radius 2 is 1.79 bits per heavy atom. The van der Waals surface area contributed by atoms with Gasteiger partial charge < -0.3 is 20.5 Å². The second-order valence-electron chi connectivity index (χ2n) is 7.18. The summed E-state index contributed by atoms with van der Waals surface area (Å²) in [6.45, 7) is 5.84. The number of hydrogen-bond donors (Lipinski definition) is 4. The SMILES string of the molecule is CC(=O)N/N=C/c1ccc(CC(NC(=O)OC(C)(C)C)C(=O)NCC(=O)O)cc1. The fourth-order valence-electron chi connectivity index (χ4n) is 2.12. The summed E-state index contributed by atoms with van der Waals surface area (Å²) in [7, 11) is 0. The Hall–Kier alpha value is -3.43. The van der Waals surface area contributed by atoms with E-state index in [-0.39, 0.29) is 12.3 Å². The maximum atomic E-state index is 12.3. The third kappa shape index (κ3) is 10.5. The van der Waals surface area contributed by atoms with E-state index in [1.165, 1.54) is 13.1 Å². The Labute approximate surface area is 168 Å².